The van der Waals surface area contributed by atoms with Crippen molar-refractivity contribution in [2.75, 3.05) is 7.11 Å². The largest absolute Gasteiger partial charge is 0.497 e. The van der Waals surface area contributed by atoms with Crippen LogP contribution in [0.4, 0.5) is 0 Å². The molecule has 4 nitrogen and oxygen atoms in total. The van der Waals surface area contributed by atoms with Crippen LogP contribution in [-0.4, -0.2) is 23.2 Å². The average molecular weight is 404 g/mol. The molecule has 0 atom stereocenters. The van der Waals surface area contributed by atoms with Crippen molar-refractivity contribution in [1.29, 1.82) is 0 Å². The molecule has 0 bridgehead atoms. The third kappa shape index (κ3) is 3.38. The van der Waals surface area contributed by atoms with E-state index in [-0.39, 0.29) is 0 Å². The molecule has 5 rings (SSSR count). The predicted molar refractivity (Wildman–Crippen MR) is 124 cm³/mol. The summed E-state index contributed by atoms with van der Waals surface area (Å²) in [6, 6.07) is 31.9. The highest BCUT2D eigenvalue weighted by Crippen LogP contribution is 2.34. The monoisotopic (exact) mass is 404 g/mol. The van der Waals surface area contributed by atoms with Crippen molar-refractivity contribution in [3.63, 3.8) is 0 Å². The zero-order valence-corrected chi connectivity index (χ0v) is 17.0. The Bertz CT molecular complexity index is 1370. The first kappa shape index (κ1) is 18.8. The zero-order valence-electron chi connectivity index (χ0n) is 17.0. The molecule has 31 heavy (non-hydrogen) atoms. The minimum Gasteiger partial charge on any atom is -0.497 e. The van der Waals surface area contributed by atoms with Crippen LogP contribution in [0, 0.1) is 0 Å². The standard InChI is InChI=1S/C27H20N2O2/c1-31-24-15-13-23(14-16-24)29-27(20-8-3-2-4-9-20)25(18-30)26(28-29)22-12-11-19-7-5-6-10-21(19)17-22/h2-18H,1H3. The lowest BCUT2D eigenvalue weighted by Gasteiger charge is -2.09. The Morgan fingerprint density at radius 3 is 2.19 bits per heavy atom. The Hall–Kier alpha value is -4.18. The maximum atomic E-state index is 12.3. The molecule has 0 N–H and O–H groups in total. The van der Waals surface area contributed by atoms with Crippen molar-refractivity contribution >= 4 is 17.1 Å². The molecule has 0 spiro atoms. The van der Waals surface area contributed by atoms with Gasteiger partial charge in [-0.1, -0.05) is 66.7 Å². The summed E-state index contributed by atoms with van der Waals surface area (Å²) in [6.07, 6.45) is 0.903. The Morgan fingerprint density at radius 2 is 1.48 bits per heavy atom. The van der Waals surface area contributed by atoms with Gasteiger partial charge in [0.25, 0.3) is 0 Å². The number of aromatic nitrogens is 2. The molecule has 4 aromatic carbocycles. The minimum atomic E-state index is 0.567. The number of benzene rings is 4. The van der Waals surface area contributed by atoms with E-state index in [2.05, 4.69) is 24.3 Å². The number of aldehydes is 1. The van der Waals surface area contributed by atoms with Crippen LogP contribution in [0.5, 0.6) is 5.75 Å². The van der Waals surface area contributed by atoms with E-state index in [1.54, 1.807) is 7.11 Å². The van der Waals surface area contributed by atoms with Crippen LogP contribution in [0.3, 0.4) is 0 Å². The van der Waals surface area contributed by atoms with Gasteiger partial charge in [0.15, 0.2) is 6.29 Å². The summed E-state index contributed by atoms with van der Waals surface area (Å²) in [6.45, 7) is 0. The number of methoxy groups -OCH3 is 1. The topological polar surface area (TPSA) is 44.1 Å². The highest BCUT2D eigenvalue weighted by Gasteiger charge is 2.21. The van der Waals surface area contributed by atoms with Gasteiger partial charge in [-0.15, -0.1) is 0 Å². The average Bonchev–Trinajstić information content (AvgIpc) is 3.24. The normalized spacial score (nSPS) is 10.9. The number of hydrogen-bond acceptors (Lipinski definition) is 3. The SMILES string of the molecule is COc1ccc(-n2nc(-c3ccc4ccccc4c3)c(C=O)c2-c2ccccc2)cc1. The van der Waals surface area contributed by atoms with Crippen molar-refractivity contribution in [1.82, 2.24) is 9.78 Å². The second-order valence-corrected chi connectivity index (χ2v) is 7.27. The lowest BCUT2D eigenvalue weighted by molar-refractivity contribution is 0.112. The van der Waals surface area contributed by atoms with E-state index in [1.807, 2.05) is 77.5 Å². The molecular weight excluding hydrogens is 384 g/mol. The van der Waals surface area contributed by atoms with Crippen molar-refractivity contribution in [2.45, 2.75) is 0 Å². The first-order chi connectivity index (χ1) is 15.3. The predicted octanol–water partition coefficient (Wildman–Crippen LogP) is 6.18. The first-order valence-corrected chi connectivity index (χ1v) is 10.1. The Kier molecular flexibility index (Phi) is 4.81. The quantitative estimate of drug-likeness (QED) is 0.329. The molecule has 0 unspecified atom stereocenters. The molecule has 4 heteroatoms. The number of carbonyl (C=O) groups excluding carboxylic acids is 1. The fourth-order valence-electron chi connectivity index (χ4n) is 3.88. The summed E-state index contributed by atoms with van der Waals surface area (Å²) in [5, 5.41) is 7.16. The van der Waals surface area contributed by atoms with Crippen molar-refractivity contribution in [2.24, 2.45) is 0 Å². The van der Waals surface area contributed by atoms with Crippen LogP contribution >= 0.6 is 0 Å². The summed E-state index contributed by atoms with van der Waals surface area (Å²) in [4.78, 5) is 12.3. The summed E-state index contributed by atoms with van der Waals surface area (Å²) in [5.41, 5.74) is 4.69. The molecule has 0 radical (unpaired) electrons. The van der Waals surface area contributed by atoms with E-state index in [0.717, 1.165) is 45.3 Å². The number of ether oxygens (including phenoxy) is 1. The van der Waals surface area contributed by atoms with Crippen LogP contribution in [0.1, 0.15) is 10.4 Å². The minimum absolute atomic E-state index is 0.567. The number of rotatable bonds is 5. The van der Waals surface area contributed by atoms with Gasteiger partial charge in [-0.2, -0.15) is 5.10 Å². The molecule has 0 aliphatic heterocycles. The maximum Gasteiger partial charge on any atom is 0.154 e. The smallest absolute Gasteiger partial charge is 0.154 e. The van der Waals surface area contributed by atoms with Crippen LogP contribution < -0.4 is 4.74 Å². The summed E-state index contributed by atoms with van der Waals surface area (Å²) in [5.74, 6) is 0.766. The molecule has 1 heterocycles. The third-order valence-electron chi connectivity index (χ3n) is 5.43. The number of hydrogen-bond donors (Lipinski definition) is 0. The Labute approximate surface area is 180 Å². The number of carbonyl (C=O) groups is 1. The van der Waals surface area contributed by atoms with Gasteiger partial charge in [-0.25, -0.2) is 4.68 Å². The fourth-order valence-corrected chi connectivity index (χ4v) is 3.88. The third-order valence-corrected chi connectivity index (χ3v) is 5.43. The highest BCUT2D eigenvalue weighted by molar-refractivity contribution is 5.97. The van der Waals surface area contributed by atoms with Gasteiger partial charge in [0.05, 0.1) is 24.1 Å². The molecular formula is C27H20N2O2. The van der Waals surface area contributed by atoms with Gasteiger partial charge in [0.1, 0.15) is 11.4 Å². The van der Waals surface area contributed by atoms with Crippen LogP contribution in [0.2, 0.25) is 0 Å². The molecule has 5 aromatic rings. The number of fused-ring (bicyclic) bond motifs is 1. The van der Waals surface area contributed by atoms with Crippen molar-refractivity contribution in [3.05, 3.63) is 103 Å². The van der Waals surface area contributed by atoms with Crippen molar-refractivity contribution in [3.8, 4) is 34.0 Å². The van der Waals surface area contributed by atoms with E-state index in [0.29, 0.717) is 11.3 Å². The maximum absolute atomic E-state index is 12.3. The highest BCUT2D eigenvalue weighted by atomic mass is 16.5. The fraction of sp³-hybridized carbons (Fsp3) is 0.0370. The van der Waals surface area contributed by atoms with Gasteiger partial charge >= 0.3 is 0 Å². The van der Waals surface area contributed by atoms with Crippen molar-refractivity contribution < 1.29 is 9.53 Å². The van der Waals surface area contributed by atoms with E-state index >= 15 is 0 Å². The summed E-state index contributed by atoms with van der Waals surface area (Å²) >= 11 is 0. The lowest BCUT2D eigenvalue weighted by Crippen LogP contribution is -2.00. The van der Waals surface area contributed by atoms with E-state index in [4.69, 9.17) is 9.84 Å². The van der Waals surface area contributed by atoms with Gasteiger partial charge in [-0.05, 0) is 41.1 Å². The Balaban J connectivity index is 1.77. The Morgan fingerprint density at radius 1 is 0.774 bits per heavy atom. The molecule has 0 fully saturated rings. The molecule has 0 saturated heterocycles. The van der Waals surface area contributed by atoms with Crippen LogP contribution in [0.15, 0.2) is 97.1 Å². The molecule has 150 valence electrons. The molecule has 0 amide bonds. The summed E-state index contributed by atoms with van der Waals surface area (Å²) < 4.78 is 7.13. The zero-order chi connectivity index (χ0) is 21.2. The van der Waals surface area contributed by atoms with Gasteiger partial charge in [0, 0.05) is 11.1 Å². The number of nitrogens with zero attached hydrogens (tertiary/aromatic N) is 2. The van der Waals surface area contributed by atoms with E-state index < -0.39 is 0 Å². The van der Waals surface area contributed by atoms with Gasteiger partial charge < -0.3 is 4.74 Å². The van der Waals surface area contributed by atoms with Crippen LogP contribution in [-0.2, 0) is 0 Å². The second-order valence-electron chi connectivity index (χ2n) is 7.27. The molecule has 0 aliphatic rings. The molecule has 0 saturated carbocycles. The van der Waals surface area contributed by atoms with Gasteiger partial charge in [0.2, 0.25) is 0 Å². The molecule has 1 aromatic heterocycles. The first-order valence-electron chi connectivity index (χ1n) is 10.1. The lowest BCUT2D eigenvalue weighted by atomic mass is 10.00. The second kappa shape index (κ2) is 7.92. The van der Waals surface area contributed by atoms with Gasteiger partial charge in [-0.3, -0.25) is 4.79 Å². The van der Waals surface area contributed by atoms with E-state index in [9.17, 15) is 4.79 Å². The van der Waals surface area contributed by atoms with E-state index in [1.165, 1.54) is 0 Å². The van der Waals surface area contributed by atoms with Crippen LogP contribution in [0.25, 0.3) is 39.0 Å². The summed E-state index contributed by atoms with van der Waals surface area (Å²) in [7, 11) is 1.64. The molecule has 0 aliphatic carbocycles.